The van der Waals surface area contributed by atoms with Crippen molar-refractivity contribution in [2.45, 2.75) is 19.8 Å². The van der Waals surface area contributed by atoms with E-state index in [1.54, 1.807) is 0 Å². The molecule has 1 fully saturated rings. The van der Waals surface area contributed by atoms with Crippen molar-refractivity contribution in [3.8, 4) is 0 Å². The molecule has 1 aliphatic rings. The Kier molecular flexibility index (Phi) is 3.25. The van der Waals surface area contributed by atoms with Crippen LogP contribution >= 0.6 is 11.6 Å². The zero-order valence-corrected chi connectivity index (χ0v) is 9.92. The summed E-state index contributed by atoms with van der Waals surface area (Å²) in [5.41, 5.74) is 2.86. The number of Topliss-reactive ketones (excluding diaryl/α,β-unsaturated/α-hetero) is 1. The topological polar surface area (TPSA) is 17.1 Å². The molecular weight excluding hydrogens is 220 g/mol. The third kappa shape index (κ3) is 2.25. The van der Waals surface area contributed by atoms with Crippen molar-refractivity contribution in [3.05, 3.63) is 52.1 Å². The smallest absolute Gasteiger partial charge is 0.184 e. The highest BCUT2D eigenvalue weighted by Crippen LogP contribution is 2.27. The van der Waals surface area contributed by atoms with Crippen LogP contribution in [-0.4, -0.2) is 5.78 Å². The minimum absolute atomic E-state index is 0.192. The van der Waals surface area contributed by atoms with Crippen molar-refractivity contribution in [3.63, 3.8) is 0 Å². The van der Waals surface area contributed by atoms with Crippen LogP contribution in [0.2, 0.25) is 5.02 Å². The number of allylic oxidation sites excluding steroid dienone is 3. The van der Waals surface area contributed by atoms with E-state index in [1.807, 2.05) is 43.3 Å². The molecule has 1 aliphatic carbocycles. The van der Waals surface area contributed by atoms with Crippen molar-refractivity contribution in [2.24, 2.45) is 0 Å². The van der Waals surface area contributed by atoms with Crippen molar-refractivity contribution in [1.82, 2.24) is 0 Å². The van der Waals surface area contributed by atoms with Crippen LogP contribution in [0.4, 0.5) is 0 Å². The molecule has 1 saturated carbocycles. The van der Waals surface area contributed by atoms with E-state index in [1.165, 1.54) is 0 Å². The molecule has 1 aromatic rings. The Hall–Kier alpha value is -1.34. The Morgan fingerprint density at radius 2 is 1.75 bits per heavy atom. The molecule has 16 heavy (non-hydrogen) atoms. The maximum absolute atomic E-state index is 11.8. The molecule has 0 N–H and O–H groups in total. The van der Waals surface area contributed by atoms with Crippen molar-refractivity contribution >= 4 is 23.5 Å². The van der Waals surface area contributed by atoms with Crippen LogP contribution in [0, 0.1) is 0 Å². The number of hydrogen-bond acceptors (Lipinski definition) is 1. The molecule has 0 radical (unpaired) electrons. The van der Waals surface area contributed by atoms with E-state index < -0.39 is 0 Å². The molecule has 1 aromatic carbocycles. The predicted octanol–water partition coefficient (Wildman–Crippen LogP) is 4.03. The lowest BCUT2D eigenvalue weighted by Gasteiger charge is -1.97. The summed E-state index contributed by atoms with van der Waals surface area (Å²) < 4.78 is 0. The first-order valence-electron chi connectivity index (χ1n) is 5.36. The third-order valence-electron chi connectivity index (χ3n) is 2.81. The van der Waals surface area contributed by atoms with E-state index in [-0.39, 0.29) is 5.78 Å². The fourth-order valence-electron chi connectivity index (χ4n) is 1.88. The highest BCUT2D eigenvalue weighted by molar-refractivity contribution is 6.30. The molecule has 2 rings (SSSR count). The zero-order valence-electron chi connectivity index (χ0n) is 9.16. The summed E-state index contributed by atoms with van der Waals surface area (Å²) in [4.78, 5) is 11.8. The number of benzene rings is 1. The van der Waals surface area contributed by atoms with E-state index in [2.05, 4.69) is 0 Å². The van der Waals surface area contributed by atoms with E-state index in [0.29, 0.717) is 5.02 Å². The van der Waals surface area contributed by atoms with Gasteiger partial charge in [0.15, 0.2) is 5.78 Å². The Bertz CT molecular complexity index is 466. The van der Waals surface area contributed by atoms with E-state index in [4.69, 9.17) is 11.6 Å². The lowest BCUT2D eigenvalue weighted by molar-refractivity contribution is -0.111. The molecule has 82 valence electrons. The Balaban J connectivity index is 2.26. The molecule has 0 amide bonds. The maximum Gasteiger partial charge on any atom is 0.184 e. The monoisotopic (exact) mass is 232 g/mol. The van der Waals surface area contributed by atoms with Gasteiger partial charge in [-0.1, -0.05) is 29.8 Å². The summed E-state index contributed by atoms with van der Waals surface area (Å²) in [6.07, 6.45) is 5.58. The minimum Gasteiger partial charge on any atom is -0.289 e. The largest absolute Gasteiger partial charge is 0.289 e. The van der Waals surface area contributed by atoms with Gasteiger partial charge < -0.3 is 0 Å². The second-order valence-electron chi connectivity index (χ2n) is 3.86. The molecule has 1 nitrogen and oxygen atoms in total. The summed E-state index contributed by atoms with van der Waals surface area (Å²) in [7, 11) is 0. The van der Waals surface area contributed by atoms with Crippen LogP contribution in [0.1, 0.15) is 25.3 Å². The van der Waals surface area contributed by atoms with E-state index >= 15 is 0 Å². The molecule has 0 saturated heterocycles. The number of hydrogen-bond donors (Lipinski definition) is 0. The van der Waals surface area contributed by atoms with Crippen molar-refractivity contribution < 1.29 is 4.79 Å². The molecule has 0 spiro atoms. The second kappa shape index (κ2) is 4.67. The van der Waals surface area contributed by atoms with Crippen molar-refractivity contribution in [2.75, 3.05) is 0 Å². The zero-order chi connectivity index (χ0) is 11.5. The van der Waals surface area contributed by atoms with Crippen LogP contribution < -0.4 is 0 Å². The van der Waals surface area contributed by atoms with E-state index in [0.717, 1.165) is 29.6 Å². The summed E-state index contributed by atoms with van der Waals surface area (Å²) in [6, 6.07) is 7.53. The summed E-state index contributed by atoms with van der Waals surface area (Å²) in [5.74, 6) is 0.192. The fraction of sp³-hybridized carbons (Fsp3) is 0.214. The van der Waals surface area contributed by atoms with Gasteiger partial charge in [-0.2, -0.15) is 0 Å². The van der Waals surface area contributed by atoms with Gasteiger partial charge in [0.05, 0.1) is 0 Å². The van der Waals surface area contributed by atoms with Gasteiger partial charge in [0.1, 0.15) is 0 Å². The molecule has 0 heterocycles. The number of halogens is 1. The Morgan fingerprint density at radius 1 is 1.12 bits per heavy atom. The average molecular weight is 233 g/mol. The van der Waals surface area contributed by atoms with Crippen LogP contribution in [0.5, 0.6) is 0 Å². The average Bonchev–Trinajstić information content (AvgIpc) is 2.63. The van der Waals surface area contributed by atoms with Gasteiger partial charge in [-0.3, -0.25) is 4.79 Å². The first-order chi connectivity index (χ1) is 7.70. The van der Waals surface area contributed by atoms with Crippen LogP contribution in [0.25, 0.3) is 6.08 Å². The Labute approximate surface area is 100 Å². The lowest BCUT2D eigenvalue weighted by atomic mass is 10.1. The number of ketones is 1. The molecule has 0 bridgehead atoms. The summed E-state index contributed by atoms with van der Waals surface area (Å²) in [5, 5.41) is 0.717. The quantitative estimate of drug-likeness (QED) is 0.668. The molecule has 0 aromatic heterocycles. The maximum atomic E-state index is 11.8. The standard InChI is InChI=1S/C14H13ClO/c1-2-11-5-6-12(14(11)16)9-10-3-7-13(15)8-4-10/h2-4,7-9H,5-6H2,1H3/b11-2+,12-9?. The fourth-order valence-corrected chi connectivity index (χ4v) is 2.00. The summed E-state index contributed by atoms with van der Waals surface area (Å²) >= 11 is 5.81. The Morgan fingerprint density at radius 3 is 2.31 bits per heavy atom. The number of rotatable bonds is 1. The lowest BCUT2D eigenvalue weighted by Crippen LogP contribution is -1.94. The molecule has 0 aliphatic heterocycles. The first-order valence-corrected chi connectivity index (χ1v) is 5.74. The third-order valence-corrected chi connectivity index (χ3v) is 3.06. The highest BCUT2D eigenvalue weighted by atomic mass is 35.5. The number of carbonyl (C=O) groups excluding carboxylic acids is 1. The predicted molar refractivity (Wildman–Crippen MR) is 67.4 cm³/mol. The SMILES string of the molecule is C/C=C1\CCC(=Cc2ccc(Cl)cc2)C1=O. The van der Waals surface area contributed by atoms with Gasteiger partial charge in [0.25, 0.3) is 0 Å². The van der Waals surface area contributed by atoms with Gasteiger partial charge >= 0.3 is 0 Å². The second-order valence-corrected chi connectivity index (χ2v) is 4.30. The van der Waals surface area contributed by atoms with Crippen LogP contribution in [-0.2, 0) is 4.79 Å². The van der Waals surface area contributed by atoms with Gasteiger partial charge in [-0.25, -0.2) is 0 Å². The van der Waals surface area contributed by atoms with E-state index in [9.17, 15) is 4.79 Å². The normalized spacial score (nSPS) is 21.0. The van der Waals surface area contributed by atoms with Crippen LogP contribution in [0.3, 0.4) is 0 Å². The molecule has 0 unspecified atom stereocenters. The summed E-state index contributed by atoms with van der Waals surface area (Å²) in [6.45, 7) is 1.92. The first kappa shape index (κ1) is 11.2. The van der Waals surface area contributed by atoms with Gasteiger partial charge in [0.2, 0.25) is 0 Å². The highest BCUT2D eigenvalue weighted by Gasteiger charge is 2.21. The van der Waals surface area contributed by atoms with Gasteiger partial charge in [-0.15, -0.1) is 0 Å². The molecular formula is C14H13ClO. The van der Waals surface area contributed by atoms with Crippen molar-refractivity contribution in [1.29, 1.82) is 0 Å². The van der Waals surface area contributed by atoms with Gasteiger partial charge in [-0.05, 0) is 49.1 Å². The van der Waals surface area contributed by atoms with Gasteiger partial charge in [0, 0.05) is 10.6 Å². The minimum atomic E-state index is 0.192. The van der Waals surface area contributed by atoms with Crippen LogP contribution in [0.15, 0.2) is 41.5 Å². The number of carbonyl (C=O) groups is 1. The molecule has 0 atom stereocenters. The molecule has 2 heteroatoms.